The first-order valence-electron chi connectivity index (χ1n) is 9.23. The quantitative estimate of drug-likeness (QED) is 0.248. The molecule has 0 aliphatic heterocycles. The molecule has 140 valence electrons. The number of benzene rings is 2. The summed E-state index contributed by atoms with van der Waals surface area (Å²) in [5.41, 5.74) is 3.96. The molecule has 26 heavy (non-hydrogen) atoms. The molecule has 2 rings (SSSR count). The fraction of sp³-hybridized carbons (Fsp3) is 0.304. The number of para-hydroxylation sites is 2. The molecule has 0 amide bonds. The summed E-state index contributed by atoms with van der Waals surface area (Å²) < 4.78 is 0. The number of hydrogen-bond donors (Lipinski definition) is 0. The van der Waals surface area contributed by atoms with Crippen LogP contribution >= 0.6 is 0 Å². The van der Waals surface area contributed by atoms with Gasteiger partial charge in [0, 0.05) is 16.5 Å². The van der Waals surface area contributed by atoms with Gasteiger partial charge in [-0.05, 0) is 50.1 Å². The molecule has 0 unspecified atom stereocenters. The third-order valence-corrected chi connectivity index (χ3v) is 3.91. The van der Waals surface area contributed by atoms with Gasteiger partial charge in [-0.2, -0.15) is 0 Å². The third-order valence-electron chi connectivity index (χ3n) is 3.91. The Bertz CT molecular complexity index is 704. The van der Waals surface area contributed by atoms with Crippen molar-refractivity contribution in [1.82, 2.24) is 0 Å². The Labute approximate surface area is 168 Å². The van der Waals surface area contributed by atoms with Crippen LogP contribution in [0.5, 0.6) is 0 Å². The number of unbranched alkanes of at least 4 members (excludes halogenated alkanes) is 3. The van der Waals surface area contributed by atoms with Crippen molar-refractivity contribution in [3.8, 4) is 0 Å². The molecule has 2 aromatic carbocycles. The number of aliphatic imine (C=N–C) groups is 2. The Balaban J connectivity index is 0.00000338. The molecule has 0 heterocycles. The van der Waals surface area contributed by atoms with Crippen LogP contribution in [-0.2, 0) is 16.5 Å². The molecule has 0 bridgehead atoms. The summed E-state index contributed by atoms with van der Waals surface area (Å²) in [5, 5.41) is 0. The normalized spacial score (nSPS) is 12.2. The number of nitrogens with zero attached hydrogens (tertiary/aromatic N) is 2. The van der Waals surface area contributed by atoms with Crippen LogP contribution in [0.25, 0.3) is 0 Å². The van der Waals surface area contributed by atoms with Gasteiger partial charge in [0.25, 0.3) is 0 Å². The summed E-state index contributed by atoms with van der Waals surface area (Å²) in [7, 11) is 0. The minimum absolute atomic E-state index is 0. The van der Waals surface area contributed by atoms with Crippen LogP contribution < -0.4 is 0 Å². The topological polar surface area (TPSA) is 24.7 Å². The molecule has 0 aliphatic rings. The molecule has 0 saturated heterocycles. The van der Waals surface area contributed by atoms with Crippen LogP contribution in [-0.4, -0.2) is 11.4 Å². The van der Waals surface area contributed by atoms with Crippen molar-refractivity contribution >= 4 is 22.8 Å². The van der Waals surface area contributed by atoms with E-state index in [2.05, 4.69) is 13.0 Å². The molecule has 0 radical (unpaired) electrons. The Hall–Kier alpha value is -1.99. The molecule has 0 spiro atoms. The van der Waals surface area contributed by atoms with Crippen LogP contribution in [0.2, 0.25) is 0 Å². The van der Waals surface area contributed by atoms with Gasteiger partial charge < -0.3 is 0 Å². The zero-order valence-electron chi connectivity index (χ0n) is 15.7. The van der Waals surface area contributed by atoms with Crippen molar-refractivity contribution in [3.05, 3.63) is 72.8 Å². The SMILES string of the molecule is C/C=C\C(=Nc1ccccc1)C(CCCCCC)=Nc1ccccc1.[Ni]. The Morgan fingerprint density at radius 1 is 0.808 bits per heavy atom. The maximum absolute atomic E-state index is 4.91. The molecule has 2 nitrogen and oxygen atoms in total. The van der Waals surface area contributed by atoms with Crippen LogP contribution in [0.15, 0.2) is 82.8 Å². The second-order valence-electron chi connectivity index (χ2n) is 6.04. The van der Waals surface area contributed by atoms with Crippen molar-refractivity contribution < 1.29 is 16.5 Å². The first-order valence-corrected chi connectivity index (χ1v) is 9.23. The Morgan fingerprint density at radius 2 is 1.38 bits per heavy atom. The molecule has 0 aromatic heterocycles. The van der Waals surface area contributed by atoms with E-state index in [1.165, 1.54) is 19.3 Å². The summed E-state index contributed by atoms with van der Waals surface area (Å²) in [4.78, 5) is 9.75. The van der Waals surface area contributed by atoms with Crippen LogP contribution in [0.4, 0.5) is 11.4 Å². The third kappa shape index (κ3) is 7.93. The summed E-state index contributed by atoms with van der Waals surface area (Å²) in [6, 6.07) is 20.3. The van der Waals surface area contributed by atoms with Crippen molar-refractivity contribution in [2.24, 2.45) is 9.98 Å². The van der Waals surface area contributed by atoms with E-state index in [1.807, 2.05) is 73.7 Å². The zero-order valence-corrected chi connectivity index (χ0v) is 16.7. The van der Waals surface area contributed by atoms with E-state index in [0.29, 0.717) is 0 Å². The smallest absolute Gasteiger partial charge is 0.0848 e. The second kappa shape index (κ2) is 13.2. The molecular formula is C23H28N2Ni. The number of hydrogen-bond acceptors (Lipinski definition) is 2. The first kappa shape index (κ1) is 22.1. The van der Waals surface area contributed by atoms with Crippen LogP contribution in [0.1, 0.15) is 46.0 Å². The minimum Gasteiger partial charge on any atom is -0.251 e. The van der Waals surface area contributed by atoms with Crippen molar-refractivity contribution in [2.75, 3.05) is 0 Å². The Morgan fingerprint density at radius 3 is 1.92 bits per heavy atom. The maximum Gasteiger partial charge on any atom is 0.0848 e. The van der Waals surface area contributed by atoms with Gasteiger partial charge in [-0.15, -0.1) is 0 Å². The van der Waals surface area contributed by atoms with Gasteiger partial charge in [0.1, 0.15) is 0 Å². The number of rotatable bonds is 9. The monoisotopic (exact) mass is 390 g/mol. The first-order chi connectivity index (χ1) is 12.3. The van der Waals surface area contributed by atoms with Crippen molar-refractivity contribution in [3.63, 3.8) is 0 Å². The fourth-order valence-corrected chi connectivity index (χ4v) is 2.62. The second-order valence-corrected chi connectivity index (χ2v) is 6.04. The molecule has 0 atom stereocenters. The van der Waals surface area contributed by atoms with Crippen LogP contribution in [0.3, 0.4) is 0 Å². The largest absolute Gasteiger partial charge is 0.251 e. The molecule has 0 fully saturated rings. The van der Waals surface area contributed by atoms with Gasteiger partial charge in [0.05, 0.1) is 22.8 Å². The van der Waals surface area contributed by atoms with Gasteiger partial charge in [0.15, 0.2) is 0 Å². The summed E-state index contributed by atoms with van der Waals surface area (Å²) >= 11 is 0. The number of allylic oxidation sites excluding steroid dienone is 2. The molecule has 3 heteroatoms. The van der Waals surface area contributed by atoms with Gasteiger partial charge in [-0.25, -0.2) is 4.99 Å². The molecule has 0 aliphatic carbocycles. The predicted molar refractivity (Wildman–Crippen MR) is 111 cm³/mol. The Kier molecular flexibility index (Phi) is 11.2. The minimum atomic E-state index is 0. The van der Waals surface area contributed by atoms with Crippen molar-refractivity contribution in [1.29, 1.82) is 0 Å². The van der Waals surface area contributed by atoms with E-state index in [0.717, 1.165) is 35.6 Å². The van der Waals surface area contributed by atoms with E-state index >= 15 is 0 Å². The van der Waals surface area contributed by atoms with Gasteiger partial charge in [0.2, 0.25) is 0 Å². The predicted octanol–water partition coefficient (Wildman–Crippen LogP) is 7.08. The molecule has 0 N–H and O–H groups in total. The van der Waals surface area contributed by atoms with Crippen molar-refractivity contribution in [2.45, 2.75) is 46.0 Å². The molecule has 0 saturated carbocycles. The van der Waals surface area contributed by atoms with E-state index in [-0.39, 0.29) is 16.5 Å². The average molecular weight is 391 g/mol. The van der Waals surface area contributed by atoms with E-state index in [9.17, 15) is 0 Å². The maximum atomic E-state index is 4.91. The van der Waals surface area contributed by atoms with Gasteiger partial charge >= 0.3 is 0 Å². The van der Waals surface area contributed by atoms with Gasteiger partial charge in [-0.1, -0.05) is 68.7 Å². The van der Waals surface area contributed by atoms with E-state index in [4.69, 9.17) is 9.98 Å². The standard InChI is InChI=1S/C23H28N2.Ni/c1-3-5-6-13-19-23(25-21-17-11-8-12-18-21)22(14-4-2)24-20-15-9-7-10-16-20;/h4,7-12,14-18H,3,5-6,13,19H2,1-2H3;/b14-4-,24-22?,25-23?;. The summed E-state index contributed by atoms with van der Waals surface area (Å²) in [6.45, 7) is 4.26. The van der Waals surface area contributed by atoms with Crippen LogP contribution in [0, 0.1) is 0 Å². The molecule has 2 aromatic rings. The summed E-state index contributed by atoms with van der Waals surface area (Å²) in [6.07, 6.45) is 9.94. The summed E-state index contributed by atoms with van der Waals surface area (Å²) in [5.74, 6) is 0. The fourth-order valence-electron chi connectivity index (χ4n) is 2.62. The van der Waals surface area contributed by atoms with E-state index < -0.39 is 0 Å². The van der Waals surface area contributed by atoms with E-state index in [1.54, 1.807) is 0 Å². The van der Waals surface area contributed by atoms with Gasteiger partial charge in [-0.3, -0.25) is 4.99 Å². The zero-order chi connectivity index (χ0) is 17.7. The average Bonchev–Trinajstić information content (AvgIpc) is 2.66. The molecular weight excluding hydrogens is 363 g/mol.